The molecule has 5 nitrogen and oxygen atoms in total. The molecule has 1 aliphatic rings. The summed E-state index contributed by atoms with van der Waals surface area (Å²) in [5.41, 5.74) is 6.84. The van der Waals surface area contributed by atoms with Gasteiger partial charge in [0.2, 0.25) is 0 Å². The molecule has 0 N–H and O–H groups in total. The normalized spacial score (nSPS) is 13.9. The third-order valence-electron chi connectivity index (χ3n) is 6.08. The molecule has 0 radical (unpaired) electrons. The van der Waals surface area contributed by atoms with Gasteiger partial charge in [-0.3, -0.25) is 9.78 Å². The molecule has 4 rings (SSSR count). The lowest BCUT2D eigenvalue weighted by Crippen LogP contribution is -2.37. The van der Waals surface area contributed by atoms with Crippen LogP contribution in [-0.2, 0) is 0 Å². The summed E-state index contributed by atoms with van der Waals surface area (Å²) in [6, 6.07) is 8.38. The third kappa shape index (κ3) is 3.13. The molecule has 3 aromatic rings. The van der Waals surface area contributed by atoms with Crippen LogP contribution in [0.25, 0.3) is 22.0 Å². The fourth-order valence-corrected chi connectivity index (χ4v) is 4.55. The summed E-state index contributed by atoms with van der Waals surface area (Å²) in [7, 11) is 3.98. The van der Waals surface area contributed by atoms with Crippen LogP contribution in [0.3, 0.4) is 0 Å². The SMILES string of the molecule is CCCC(CC)N1C(=O)c2ccc(-c3cnc(N(C)C)cc3C)c3nc(C)cc1c23. The first-order valence-corrected chi connectivity index (χ1v) is 10.8. The number of benzene rings is 1. The molecule has 0 saturated carbocycles. The number of hydrogen-bond donors (Lipinski definition) is 0. The van der Waals surface area contributed by atoms with E-state index in [1.165, 1.54) is 0 Å². The molecule has 1 atom stereocenters. The van der Waals surface area contributed by atoms with Gasteiger partial charge in [-0.25, -0.2) is 4.98 Å². The molecule has 0 saturated heterocycles. The van der Waals surface area contributed by atoms with Crippen molar-refractivity contribution in [3.8, 4) is 11.1 Å². The molecule has 30 heavy (non-hydrogen) atoms. The summed E-state index contributed by atoms with van der Waals surface area (Å²) in [6.45, 7) is 8.45. The van der Waals surface area contributed by atoms with Gasteiger partial charge in [0.15, 0.2) is 0 Å². The van der Waals surface area contributed by atoms with E-state index in [4.69, 9.17) is 4.98 Å². The van der Waals surface area contributed by atoms with Crippen LogP contribution >= 0.6 is 0 Å². The van der Waals surface area contributed by atoms with Gasteiger partial charge >= 0.3 is 0 Å². The molecule has 5 heteroatoms. The number of hydrogen-bond acceptors (Lipinski definition) is 4. The fourth-order valence-electron chi connectivity index (χ4n) is 4.55. The van der Waals surface area contributed by atoms with E-state index in [1.54, 1.807) is 0 Å². The molecule has 0 aliphatic carbocycles. The van der Waals surface area contributed by atoms with Crippen LogP contribution in [0.2, 0.25) is 0 Å². The second-order valence-corrected chi connectivity index (χ2v) is 8.44. The van der Waals surface area contributed by atoms with E-state index in [1.807, 2.05) is 49.1 Å². The van der Waals surface area contributed by atoms with Crippen molar-refractivity contribution in [1.29, 1.82) is 0 Å². The quantitative estimate of drug-likeness (QED) is 0.545. The van der Waals surface area contributed by atoms with Crippen LogP contribution in [0.1, 0.15) is 54.7 Å². The average molecular weight is 403 g/mol. The molecule has 2 aromatic heterocycles. The number of aryl methyl sites for hydroxylation is 2. The van der Waals surface area contributed by atoms with E-state index >= 15 is 0 Å². The summed E-state index contributed by atoms with van der Waals surface area (Å²) >= 11 is 0. The largest absolute Gasteiger partial charge is 0.363 e. The van der Waals surface area contributed by atoms with E-state index in [0.29, 0.717) is 0 Å². The number of nitrogens with zero attached hydrogens (tertiary/aromatic N) is 4. The van der Waals surface area contributed by atoms with Crippen molar-refractivity contribution >= 4 is 28.3 Å². The van der Waals surface area contributed by atoms with Gasteiger partial charge in [0.1, 0.15) is 5.82 Å². The highest BCUT2D eigenvalue weighted by molar-refractivity contribution is 6.26. The van der Waals surface area contributed by atoms with Gasteiger partial charge < -0.3 is 9.80 Å². The first-order valence-electron chi connectivity index (χ1n) is 10.8. The summed E-state index contributed by atoms with van der Waals surface area (Å²) in [6.07, 6.45) is 4.92. The Morgan fingerprint density at radius 1 is 1.07 bits per heavy atom. The molecule has 1 aliphatic heterocycles. The number of carbonyl (C=O) groups excluding carboxylic acids is 1. The first-order chi connectivity index (χ1) is 14.4. The monoisotopic (exact) mass is 402 g/mol. The van der Waals surface area contributed by atoms with Crippen LogP contribution in [-0.4, -0.2) is 36.0 Å². The van der Waals surface area contributed by atoms with E-state index < -0.39 is 0 Å². The zero-order chi connectivity index (χ0) is 21.6. The molecular weight excluding hydrogens is 372 g/mol. The molecular formula is C25H30N4O. The number of anilines is 2. The van der Waals surface area contributed by atoms with Gasteiger partial charge in [0.05, 0.1) is 16.8 Å². The van der Waals surface area contributed by atoms with Crippen molar-refractivity contribution in [2.24, 2.45) is 0 Å². The maximum absolute atomic E-state index is 13.4. The van der Waals surface area contributed by atoms with E-state index in [9.17, 15) is 4.79 Å². The number of pyridine rings is 2. The van der Waals surface area contributed by atoms with Crippen LogP contribution in [0.15, 0.2) is 30.5 Å². The van der Waals surface area contributed by atoms with Crippen LogP contribution in [0.5, 0.6) is 0 Å². The Morgan fingerprint density at radius 2 is 1.80 bits per heavy atom. The lowest BCUT2D eigenvalue weighted by atomic mass is 9.97. The van der Waals surface area contributed by atoms with Crippen molar-refractivity contribution < 1.29 is 4.79 Å². The van der Waals surface area contributed by atoms with Crippen molar-refractivity contribution in [2.75, 3.05) is 23.9 Å². The highest BCUT2D eigenvalue weighted by Gasteiger charge is 2.35. The molecule has 1 unspecified atom stereocenters. The Balaban J connectivity index is 1.95. The van der Waals surface area contributed by atoms with Crippen molar-refractivity contribution in [2.45, 2.75) is 53.0 Å². The number of aromatic nitrogens is 2. The zero-order valence-electron chi connectivity index (χ0n) is 18.8. The predicted octanol–water partition coefficient (Wildman–Crippen LogP) is 5.52. The molecule has 0 fully saturated rings. The minimum absolute atomic E-state index is 0.104. The maximum atomic E-state index is 13.4. The fraction of sp³-hybridized carbons (Fsp3) is 0.400. The molecule has 3 heterocycles. The standard InChI is InChI=1S/C25H30N4O/c1-7-9-17(8-2)29-21-13-16(4)27-24-18(10-11-19(23(21)24)25(29)30)20-14-26-22(28(5)6)12-15(20)3/h10-14,17H,7-9H2,1-6H3. The Bertz CT molecular complexity index is 1140. The van der Waals surface area contributed by atoms with Crippen molar-refractivity contribution in [1.82, 2.24) is 9.97 Å². The van der Waals surface area contributed by atoms with E-state index in [2.05, 4.69) is 37.9 Å². The smallest absolute Gasteiger partial charge is 0.259 e. The Morgan fingerprint density at radius 3 is 2.43 bits per heavy atom. The van der Waals surface area contributed by atoms with Gasteiger partial charge in [0.25, 0.3) is 5.91 Å². The summed E-state index contributed by atoms with van der Waals surface area (Å²) in [5.74, 6) is 1.03. The number of amides is 1. The zero-order valence-corrected chi connectivity index (χ0v) is 18.8. The van der Waals surface area contributed by atoms with Gasteiger partial charge in [-0.2, -0.15) is 0 Å². The number of rotatable bonds is 6. The van der Waals surface area contributed by atoms with Crippen molar-refractivity contribution in [3.05, 3.63) is 47.3 Å². The Kier molecular flexibility index (Phi) is 5.22. The second kappa shape index (κ2) is 7.71. The minimum atomic E-state index is 0.104. The Hall–Kier alpha value is -2.95. The molecule has 156 valence electrons. The van der Waals surface area contributed by atoms with Crippen LogP contribution < -0.4 is 9.80 Å². The molecule has 1 amide bonds. The van der Waals surface area contributed by atoms with Gasteiger partial charge in [0, 0.05) is 48.5 Å². The molecule has 1 aromatic carbocycles. The lowest BCUT2D eigenvalue weighted by Gasteiger charge is -2.27. The van der Waals surface area contributed by atoms with Gasteiger partial charge in [-0.15, -0.1) is 0 Å². The summed E-state index contributed by atoms with van der Waals surface area (Å²) in [4.78, 5) is 26.9. The summed E-state index contributed by atoms with van der Waals surface area (Å²) in [5, 5.41) is 0.980. The predicted molar refractivity (Wildman–Crippen MR) is 125 cm³/mol. The average Bonchev–Trinajstić information content (AvgIpc) is 2.99. The van der Waals surface area contributed by atoms with E-state index in [-0.39, 0.29) is 11.9 Å². The Labute approximate surface area is 178 Å². The molecule has 0 spiro atoms. The topological polar surface area (TPSA) is 49.3 Å². The van der Waals surface area contributed by atoms with Crippen molar-refractivity contribution in [3.63, 3.8) is 0 Å². The van der Waals surface area contributed by atoms with Gasteiger partial charge in [-0.05, 0) is 50.5 Å². The van der Waals surface area contributed by atoms with E-state index in [0.717, 1.165) is 69.6 Å². The highest BCUT2D eigenvalue weighted by atomic mass is 16.2. The van der Waals surface area contributed by atoms with Gasteiger partial charge in [-0.1, -0.05) is 26.3 Å². The summed E-state index contributed by atoms with van der Waals surface area (Å²) < 4.78 is 0. The van der Waals surface area contributed by atoms with Crippen LogP contribution in [0.4, 0.5) is 11.5 Å². The third-order valence-corrected chi connectivity index (χ3v) is 6.08. The molecule has 0 bridgehead atoms. The first kappa shape index (κ1) is 20.3. The number of carbonyl (C=O) groups is 1. The second-order valence-electron chi connectivity index (χ2n) is 8.44. The highest BCUT2D eigenvalue weighted by Crippen LogP contribution is 2.43. The maximum Gasteiger partial charge on any atom is 0.259 e. The minimum Gasteiger partial charge on any atom is -0.363 e. The lowest BCUT2D eigenvalue weighted by molar-refractivity contribution is 0.0981. The van der Waals surface area contributed by atoms with Crippen LogP contribution in [0, 0.1) is 13.8 Å².